The summed E-state index contributed by atoms with van der Waals surface area (Å²) in [6, 6.07) is 2.63. The number of anilines is 2. The Balaban J connectivity index is 1.65. The summed E-state index contributed by atoms with van der Waals surface area (Å²) in [5.41, 5.74) is 2.59. The van der Waals surface area contributed by atoms with E-state index >= 15 is 4.39 Å². The second-order valence-electron chi connectivity index (χ2n) is 8.50. The summed E-state index contributed by atoms with van der Waals surface area (Å²) in [6.07, 6.45) is 3.40. The minimum absolute atomic E-state index is 0.200. The van der Waals surface area contributed by atoms with Crippen molar-refractivity contribution in [2.75, 3.05) is 43.2 Å². The van der Waals surface area contributed by atoms with Gasteiger partial charge in [-0.3, -0.25) is 5.84 Å². The van der Waals surface area contributed by atoms with Crippen LogP contribution in [0.5, 0.6) is 5.75 Å². The van der Waals surface area contributed by atoms with Gasteiger partial charge in [-0.2, -0.15) is 0 Å². The molecule has 1 aromatic carbocycles. The molecule has 3 aliphatic rings. The molecule has 7 heteroatoms. The van der Waals surface area contributed by atoms with Crippen LogP contribution in [0.3, 0.4) is 0 Å². The smallest absolute Gasteiger partial charge is 0.168 e. The minimum Gasteiger partial charge on any atom is -0.492 e. The highest BCUT2D eigenvalue weighted by molar-refractivity contribution is 5.78. The molecule has 2 heterocycles. The molecule has 150 valence electrons. The van der Waals surface area contributed by atoms with Gasteiger partial charge in [-0.1, -0.05) is 13.8 Å². The maximum atomic E-state index is 15.2. The number of nitrogens with one attached hydrogen (secondary N) is 1. The summed E-state index contributed by atoms with van der Waals surface area (Å²) in [7, 11) is 1.66. The van der Waals surface area contributed by atoms with E-state index in [9.17, 15) is 0 Å². The van der Waals surface area contributed by atoms with Crippen molar-refractivity contribution >= 4 is 11.4 Å². The Hall–Kier alpha value is -1.57. The van der Waals surface area contributed by atoms with Crippen LogP contribution in [0.15, 0.2) is 6.07 Å². The third kappa shape index (κ3) is 3.73. The molecule has 1 saturated carbocycles. The lowest BCUT2D eigenvalue weighted by atomic mass is 10.1. The van der Waals surface area contributed by atoms with Gasteiger partial charge in [0.2, 0.25) is 0 Å². The van der Waals surface area contributed by atoms with Crippen molar-refractivity contribution in [2.45, 2.75) is 51.7 Å². The van der Waals surface area contributed by atoms with Crippen molar-refractivity contribution in [1.82, 2.24) is 10.3 Å². The average molecular weight is 378 g/mol. The van der Waals surface area contributed by atoms with Crippen LogP contribution in [0.1, 0.15) is 38.7 Å². The number of ether oxygens (including phenoxy) is 1. The largest absolute Gasteiger partial charge is 0.492 e. The topological polar surface area (TPSA) is 57.0 Å². The molecule has 27 heavy (non-hydrogen) atoms. The summed E-state index contributed by atoms with van der Waals surface area (Å²) in [5.74, 6) is 7.11. The third-order valence-electron chi connectivity index (χ3n) is 5.86. The summed E-state index contributed by atoms with van der Waals surface area (Å²) in [5, 5.41) is 5.26. The molecule has 2 fully saturated rings. The van der Waals surface area contributed by atoms with E-state index in [1.165, 1.54) is 0 Å². The van der Waals surface area contributed by atoms with Crippen molar-refractivity contribution in [3.05, 3.63) is 17.4 Å². The quantitative estimate of drug-likeness (QED) is 0.742. The summed E-state index contributed by atoms with van der Waals surface area (Å²) >= 11 is 0. The highest BCUT2D eigenvalue weighted by Gasteiger charge is 2.38. The van der Waals surface area contributed by atoms with Gasteiger partial charge in [-0.25, -0.2) is 9.40 Å². The second kappa shape index (κ2) is 7.45. The van der Waals surface area contributed by atoms with Gasteiger partial charge in [0.1, 0.15) is 5.69 Å². The number of nitrogens with zero attached hydrogens (tertiary/aromatic N) is 3. The van der Waals surface area contributed by atoms with E-state index < -0.39 is 0 Å². The molecule has 1 unspecified atom stereocenters. The number of benzene rings is 1. The van der Waals surface area contributed by atoms with Crippen molar-refractivity contribution in [1.29, 1.82) is 0 Å². The van der Waals surface area contributed by atoms with Gasteiger partial charge >= 0.3 is 0 Å². The van der Waals surface area contributed by atoms with Gasteiger partial charge in [-0.05, 0) is 43.4 Å². The Morgan fingerprint density at radius 1 is 1.30 bits per heavy atom. The predicted molar refractivity (Wildman–Crippen MR) is 107 cm³/mol. The Bertz CT molecular complexity index is 693. The van der Waals surface area contributed by atoms with Gasteiger partial charge in [0.25, 0.3) is 0 Å². The zero-order valence-electron chi connectivity index (χ0n) is 16.7. The SMILES string of the molecule is COc1c(N2CCC(CNC(C)C)C2)c(F)cc2c1N(C1CC1)CN(N)C2. The third-order valence-corrected chi connectivity index (χ3v) is 5.86. The molecule has 6 nitrogen and oxygen atoms in total. The van der Waals surface area contributed by atoms with E-state index in [0.717, 1.165) is 50.1 Å². The summed E-state index contributed by atoms with van der Waals surface area (Å²) in [4.78, 5) is 4.47. The molecule has 0 bridgehead atoms. The number of methoxy groups -OCH3 is 1. The summed E-state index contributed by atoms with van der Waals surface area (Å²) < 4.78 is 21.0. The summed E-state index contributed by atoms with van der Waals surface area (Å²) in [6.45, 7) is 8.23. The fraction of sp³-hybridized carbons (Fsp3) is 0.700. The fourth-order valence-electron chi connectivity index (χ4n) is 4.40. The first-order valence-electron chi connectivity index (χ1n) is 10.1. The maximum Gasteiger partial charge on any atom is 0.168 e. The molecule has 0 spiro atoms. The normalized spacial score (nSPS) is 23.3. The standard InChI is InChI=1S/C20H32FN5O/c1-13(2)23-9-14-6-7-24(10-14)19-17(21)8-15-11-25(22)12-26(16-4-5-16)18(15)20(19)27-3/h8,13-14,16,23H,4-7,9-12,22H2,1-3H3. The number of hydrogen-bond donors (Lipinski definition) is 2. The second-order valence-corrected chi connectivity index (χ2v) is 8.50. The highest BCUT2D eigenvalue weighted by Crippen LogP contribution is 2.48. The number of hydrazine groups is 1. The first kappa shape index (κ1) is 18.8. The van der Waals surface area contributed by atoms with Gasteiger partial charge < -0.3 is 19.9 Å². The van der Waals surface area contributed by atoms with E-state index in [2.05, 4.69) is 29.0 Å². The molecule has 4 rings (SSSR count). The van der Waals surface area contributed by atoms with Crippen LogP contribution >= 0.6 is 0 Å². The molecule has 1 aliphatic carbocycles. The Labute approximate surface area is 161 Å². The first-order chi connectivity index (χ1) is 13.0. The number of fused-ring (bicyclic) bond motifs is 1. The molecule has 2 aliphatic heterocycles. The van der Waals surface area contributed by atoms with Crippen molar-refractivity contribution in [3.8, 4) is 5.75 Å². The zero-order valence-corrected chi connectivity index (χ0v) is 16.7. The van der Waals surface area contributed by atoms with E-state index in [0.29, 0.717) is 42.7 Å². The lowest BCUT2D eigenvalue weighted by Gasteiger charge is -2.38. The van der Waals surface area contributed by atoms with E-state index in [1.54, 1.807) is 18.2 Å². The van der Waals surface area contributed by atoms with E-state index in [4.69, 9.17) is 10.6 Å². The monoisotopic (exact) mass is 377 g/mol. The van der Waals surface area contributed by atoms with Crippen molar-refractivity contribution in [2.24, 2.45) is 11.8 Å². The van der Waals surface area contributed by atoms with Gasteiger partial charge in [-0.15, -0.1) is 0 Å². The fourth-order valence-corrected chi connectivity index (χ4v) is 4.40. The maximum absolute atomic E-state index is 15.2. The molecular weight excluding hydrogens is 345 g/mol. The van der Waals surface area contributed by atoms with Crippen LogP contribution < -0.4 is 25.7 Å². The van der Waals surface area contributed by atoms with Crippen molar-refractivity contribution in [3.63, 3.8) is 0 Å². The van der Waals surface area contributed by atoms with Crippen LogP contribution in [0, 0.1) is 11.7 Å². The van der Waals surface area contributed by atoms with Crippen LogP contribution in [0.2, 0.25) is 0 Å². The Morgan fingerprint density at radius 3 is 2.74 bits per heavy atom. The highest BCUT2D eigenvalue weighted by atomic mass is 19.1. The molecule has 0 amide bonds. The number of nitrogens with two attached hydrogens (primary N) is 1. The average Bonchev–Trinajstić information content (AvgIpc) is 3.36. The molecular formula is C20H32FN5O. The Kier molecular flexibility index (Phi) is 5.18. The van der Waals surface area contributed by atoms with Crippen LogP contribution in [0.25, 0.3) is 0 Å². The Morgan fingerprint density at radius 2 is 2.07 bits per heavy atom. The predicted octanol–water partition coefficient (Wildman–Crippen LogP) is 2.27. The van der Waals surface area contributed by atoms with Gasteiger partial charge in [0, 0.05) is 31.7 Å². The lowest BCUT2D eigenvalue weighted by molar-refractivity contribution is 0.255. The molecule has 0 aromatic heterocycles. The molecule has 1 saturated heterocycles. The van der Waals surface area contributed by atoms with E-state index in [1.807, 2.05) is 0 Å². The first-order valence-corrected chi connectivity index (χ1v) is 10.1. The molecule has 0 radical (unpaired) electrons. The number of hydrogen-bond acceptors (Lipinski definition) is 6. The zero-order chi connectivity index (χ0) is 19.1. The lowest BCUT2D eigenvalue weighted by Crippen LogP contribution is -2.47. The number of rotatable bonds is 6. The van der Waals surface area contributed by atoms with E-state index in [-0.39, 0.29) is 5.82 Å². The minimum atomic E-state index is -0.200. The van der Waals surface area contributed by atoms with Gasteiger partial charge in [0.05, 0.1) is 19.5 Å². The molecule has 3 N–H and O–H groups in total. The van der Waals surface area contributed by atoms with Crippen molar-refractivity contribution < 1.29 is 9.13 Å². The van der Waals surface area contributed by atoms with Crippen LogP contribution in [0.4, 0.5) is 15.8 Å². The molecule has 1 aromatic rings. The molecule has 1 atom stereocenters. The number of halogens is 1. The van der Waals surface area contributed by atoms with Gasteiger partial charge in [0.15, 0.2) is 11.6 Å². The van der Waals surface area contributed by atoms with Crippen LogP contribution in [-0.4, -0.2) is 50.5 Å². The van der Waals surface area contributed by atoms with Crippen LogP contribution in [-0.2, 0) is 6.54 Å².